The molecule has 0 aliphatic rings. The van der Waals surface area contributed by atoms with E-state index < -0.39 is 15.6 Å². The van der Waals surface area contributed by atoms with E-state index in [4.69, 9.17) is 0 Å². The second-order valence-corrected chi connectivity index (χ2v) is 6.73. The number of sulfonamides is 1. The number of allylic oxidation sites excluding steroid dienone is 8. The smallest absolute Gasteiger partial charge is 0.207 e. The van der Waals surface area contributed by atoms with E-state index >= 15 is 0 Å². The molecule has 126 valence electrons. The van der Waals surface area contributed by atoms with Gasteiger partial charge >= 0.3 is 0 Å². The van der Waals surface area contributed by atoms with Crippen LogP contribution in [0.1, 0.15) is 27.2 Å². The first-order chi connectivity index (χ1) is 10.8. The highest BCUT2D eigenvalue weighted by Gasteiger charge is 2.31. The van der Waals surface area contributed by atoms with E-state index in [1.54, 1.807) is 12.2 Å². The van der Waals surface area contributed by atoms with Gasteiger partial charge in [0.15, 0.2) is 0 Å². The second kappa shape index (κ2) is 9.98. The zero-order valence-corrected chi connectivity index (χ0v) is 15.1. The third-order valence-electron chi connectivity index (χ3n) is 3.34. The predicted molar refractivity (Wildman–Crippen MR) is 101 cm³/mol. The summed E-state index contributed by atoms with van der Waals surface area (Å²) < 4.78 is 28.2. The average molecular weight is 333 g/mol. The topological polar surface area (TPSA) is 46.2 Å². The monoisotopic (exact) mass is 333 g/mol. The molecular weight excluding hydrogens is 306 g/mol. The fourth-order valence-electron chi connectivity index (χ4n) is 1.93. The molecule has 3 nitrogen and oxygen atoms in total. The van der Waals surface area contributed by atoms with E-state index in [1.165, 1.54) is 24.3 Å². The molecule has 0 fully saturated rings. The Morgan fingerprint density at radius 3 is 2.13 bits per heavy atom. The van der Waals surface area contributed by atoms with Crippen LogP contribution in [-0.4, -0.2) is 14.0 Å². The maximum Gasteiger partial charge on any atom is 0.241 e. The Kier molecular flexibility index (Phi) is 9.15. The predicted octanol–water partition coefficient (Wildman–Crippen LogP) is 4.58. The third kappa shape index (κ3) is 6.38. The molecule has 1 N–H and O–H groups in total. The Labute approximate surface area is 141 Å². The van der Waals surface area contributed by atoms with Gasteiger partial charge in [0.1, 0.15) is 0 Å². The van der Waals surface area contributed by atoms with Gasteiger partial charge in [0, 0.05) is 0 Å². The van der Waals surface area contributed by atoms with Crippen molar-refractivity contribution in [3.63, 3.8) is 0 Å². The summed E-state index contributed by atoms with van der Waals surface area (Å²) in [4.78, 5) is 0.130. The van der Waals surface area contributed by atoms with Crippen molar-refractivity contribution in [1.29, 1.82) is 0 Å². The van der Waals surface area contributed by atoms with Crippen molar-refractivity contribution in [2.24, 2.45) is 0 Å². The third-order valence-corrected chi connectivity index (χ3v) is 4.95. The largest absolute Gasteiger partial charge is 0.241 e. The maximum absolute atomic E-state index is 12.7. The van der Waals surface area contributed by atoms with Crippen molar-refractivity contribution in [3.05, 3.63) is 84.9 Å². The van der Waals surface area contributed by atoms with Crippen LogP contribution in [0.15, 0.2) is 84.9 Å². The molecule has 0 saturated carbocycles. The van der Waals surface area contributed by atoms with Gasteiger partial charge in [0.2, 0.25) is 10.0 Å². The summed E-state index contributed by atoms with van der Waals surface area (Å²) in [6.45, 7) is 16.5. The standard InChI is InChI=1S/C19H27NO2S/c1-7-12-16-18(15-10-4)23(21,22)20-19(6,11-5)17(13-8-2)14-9-3/h7-10,12-16,20H,1-2,4,11H2,3,5-6H3/b14-9-,16-12-,17-13+,18-15-. The molecule has 0 rings (SSSR count). The Bertz CT molecular complexity index is 649. The van der Waals surface area contributed by atoms with Crippen LogP contribution < -0.4 is 4.72 Å². The lowest BCUT2D eigenvalue weighted by atomic mass is 9.89. The molecule has 0 aromatic heterocycles. The van der Waals surface area contributed by atoms with Crippen molar-refractivity contribution >= 4 is 10.0 Å². The highest BCUT2D eigenvalue weighted by atomic mass is 32.2. The summed E-state index contributed by atoms with van der Waals surface area (Å²) in [7, 11) is -3.71. The van der Waals surface area contributed by atoms with Gasteiger partial charge in [0.25, 0.3) is 0 Å². The van der Waals surface area contributed by atoms with Crippen molar-refractivity contribution in [2.75, 3.05) is 0 Å². The molecule has 0 heterocycles. The maximum atomic E-state index is 12.7. The van der Waals surface area contributed by atoms with E-state index in [1.807, 2.05) is 39.0 Å². The lowest BCUT2D eigenvalue weighted by Gasteiger charge is -2.31. The van der Waals surface area contributed by atoms with Crippen LogP contribution in [0.3, 0.4) is 0 Å². The van der Waals surface area contributed by atoms with E-state index in [9.17, 15) is 8.42 Å². The number of hydrogen-bond donors (Lipinski definition) is 1. The van der Waals surface area contributed by atoms with E-state index in [0.717, 1.165) is 5.57 Å². The minimum Gasteiger partial charge on any atom is -0.207 e. The molecule has 0 aliphatic carbocycles. The minimum atomic E-state index is -3.71. The molecule has 23 heavy (non-hydrogen) atoms. The van der Waals surface area contributed by atoms with Crippen molar-refractivity contribution < 1.29 is 8.42 Å². The zero-order valence-electron chi connectivity index (χ0n) is 14.2. The lowest BCUT2D eigenvalue weighted by Crippen LogP contribution is -2.46. The zero-order chi connectivity index (χ0) is 17.9. The highest BCUT2D eigenvalue weighted by Crippen LogP contribution is 2.25. The van der Waals surface area contributed by atoms with E-state index in [2.05, 4.69) is 24.5 Å². The molecule has 0 aromatic carbocycles. The summed E-state index contributed by atoms with van der Waals surface area (Å²) in [5.41, 5.74) is 0.0914. The fourth-order valence-corrected chi connectivity index (χ4v) is 3.44. The molecule has 0 amide bonds. The van der Waals surface area contributed by atoms with Crippen molar-refractivity contribution in [1.82, 2.24) is 4.72 Å². The Balaban J connectivity index is 5.93. The van der Waals surface area contributed by atoms with Crippen molar-refractivity contribution in [2.45, 2.75) is 32.7 Å². The highest BCUT2D eigenvalue weighted by molar-refractivity contribution is 7.93. The summed E-state index contributed by atoms with van der Waals surface area (Å²) in [5.74, 6) is 0. The molecular formula is C19H27NO2S. The first-order valence-corrected chi connectivity index (χ1v) is 8.91. The van der Waals surface area contributed by atoms with Crippen LogP contribution >= 0.6 is 0 Å². The van der Waals surface area contributed by atoms with Crippen LogP contribution in [-0.2, 0) is 10.0 Å². The van der Waals surface area contributed by atoms with Gasteiger partial charge in [-0.1, -0.05) is 69.2 Å². The molecule has 0 aromatic rings. The quantitative estimate of drug-likeness (QED) is 0.595. The van der Waals surface area contributed by atoms with Gasteiger partial charge in [-0.25, -0.2) is 13.1 Å². The second-order valence-electron chi connectivity index (χ2n) is 5.05. The van der Waals surface area contributed by atoms with Gasteiger partial charge in [-0.05, 0) is 38.0 Å². The first kappa shape index (κ1) is 21.1. The summed E-state index contributed by atoms with van der Waals surface area (Å²) >= 11 is 0. The molecule has 0 spiro atoms. The fraction of sp³-hybridized carbons (Fsp3) is 0.263. The average Bonchev–Trinajstić information content (AvgIpc) is 2.50. The molecule has 1 unspecified atom stereocenters. The molecule has 0 aliphatic heterocycles. The normalized spacial score (nSPS) is 16.5. The molecule has 0 saturated heterocycles. The summed E-state index contributed by atoms with van der Waals surface area (Å²) in [5, 5.41) is 0. The number of hydrogen-bond acceptors (Lipinski definition) is 2. The number of nitrogens with one attached hydrogen (secondary N) is 1. The Morgan fingerprint density at radius 2 is 1.70 bits per heavy atom. The van der Waals surface area contributed by atoms with E-state index in [0.29, 0.717) is 6.42 Å². The van der Waals surface area contributed by atoms with Crippen LogP contribution in [0.5, 0.6) is 0 Å². The lowest BCUT2D eigenvalue weighted by molar-refractivity contribution is 0.473. The summed E-state index contributed by atoms with van der Waals surface area (Å²) in [6, 6.07) is 0. The first-order valence-electron chi connectivity index (χ1n) is 7.43. The van der Waals surface area contributed by atoms with Gasteiger partial charge in [0.05, 0.1) is 10.4 Å². The Hall–Kier alpha value is -1.91. The summed E-state index contributed by atoms with van der Waals surface area (Å²) in [6.07, 6.45) is 15.3. The van der Waals surface area contributed by atoms with Crippen LogP contribution in [0.4, 0.5) is 0 Å². The van der Waals surface area contributed by atoms with Gasteiger partial charge in [-0.2, -0.15) is 0 Å². The number of rotatable bonds is 10. The van der Waals surface area contributed by atoms with Crippen LogP contribution in [0.25, 0.3) is 0 Å². The molecule has 1 atom stereocenters. The van der Waals surface area contributed by atoms with Crippen LogP contribution in [0, 0.1) is 0 Å². The van der Waals surface area contributed by atoms with Gasteiger partial charge in [-0.15, -0.1) is 0 Å². The van der Waals surface area contributed by atoms with Crippen molar-refractivity contribution in [3.8, 4) is 0 Å². The van der Waals surface area contributed by atoms with E-state index in [-0.39, 0.29) is 4.91 Å². The molecule has 4 heteroatoms. The minimum absolute atomic E-state index is 0.130. The Morgan fingerprint density at radius 1 is 1.09 bits per heavy atom. The van der Waals surface area contributed by atoms with Crippen LogP contribution in [0.2, 0.25) is 0 Å². The SMILES string of the molecule is C=C/C=C\C(=C\C=C)S(=O)(=O)NC(C)(CC)C(/C=C\C)=C/C=C. The van der Waals surface area contributed by atoms with Gasteiger partial charge in [-0.3, -0.25) is 0 Å². The molecule has 0 radical (unpaired) electrons. The molecule has 0 bridgehead atoms. The van der Waals surface area contributed by atoms with Gasteiger partial charge < -0.3 is 0 Å².